The van der Waals surface area contributed by atoms with Crippen LogP contribution in [0.2, 0.25) is 0 Å². The molecule has 1 amide bonds. The van der Waals surface area contributed by atoms with E-state index in [9.17, 15) is 9.18 Å². The number of halogens is 1. The molecule has 1 heterocycles. The first-order chi connectivity index (χ1) is 12.6. The highest BCUT2D eigenvalue weighted by Crippen LogP contribution is 2.20. The molecular formula is C21H21FN2O2. The fourth-order valence-electron chi connectivity index (χ4n) is 2.91. The molecule has 3 aromatic rings. The Labute approximate surface area is 151 Å². The minimum Gasteiger partial charge on any atom is -0.497 e. The van der Waals surface area contributed by atoms with Gasteiger partial charge in [-0.15, -0.1) is 0 Å². The Hall–Kier alpha value is -3.08. The Morgan fingerprint density at radius 2 is 1.96 bits per heavy atom. The summed E-state index contributed by atoms with van der Waals surface area (Å²) in [6.07, 6.45) is 3.27. The molecule has 1 aromatic heterocycles. The Morgan fingerprint density at radius 1 is 1.19 bits per heavy atom. The summed E-state index contributed by atoms with van der Waals surface area (Å²) in [6, 6.07) is 14.2. The van der Waals surface area contributed by atoms with Crippen LogP contribution in [0.1, 0.15) is 11.3 Å². The molecule has 0 fully saturated rings. The maximum atomic E-state index is 13.3. The number of carbonyl (C=O) groups is 1. The predicted molar refractivity (Wildman–Crippen MR) is 102 cm³/mol. The van der Waals surface area contributed by atoms with Crippen LogP contribution in [0.3, 0.4) is 0 Å². The number of carbonyl (C=O) groups excluding carboxylic acids is 1. The third-order valence-electron chi connectivity index (χ3n) is 4.25. The Morgan fingerprint density at radius 3 is 2.69 bits per heavy atom. The standard InChI is InChI=1S/C21H21FN2O2/c1-15-13-17-14-18(22)6-9-20(17)24(15)12-11-23-21(25)10-5-16-3-7-19(26-2)8-4-16/h3-10,13-14H,11-12H2,1-2H3,(H,23,25). The molecule has 0 aliphatic carbocycles. The number of fused-ring (bicyclic) bond motifs is 1. The first-order valence-corrected chi connectivity index (χ1v) is 8.42. The van der Waals surface area contributed by atoms with Gasteiger partial charge in [0.2, 0.25) is 5.91 Å². The number of hydrogen-bond acceptors (Lipinski definition) is 2. The number of hydrogen-bond donors (Lipinski definition) is 1. The lowest BCUT2D eigenvalue weighted by atomic mass is 10.2. The summed E-state index contributed by atoms with van der Waals surface area (Å²) in [5.74, 6) is 0.383. The molecule has 4 nitrogen and oxygen atoms in total. The number of nitrogens with zero attached hydrogens (tertiary/aromatic N) is 1. The normalized spacial score (nSPS) is 11.2. The molecule has 0 bridgehead atoms. The topological polar surface area (TPSA) is 43.3 Å². The Balaban J connectivity index is 1.56. The monoisotopic (exact) mass is 352 g/mol. The Bertz CT molecular complexity index is 943. The van der Waals surface area contributed by atoms with E-state index in [2.05, 4.69) is 9.88 Å². The minimum atomic E-state index is -0.244. The van der Waals surface area contributed by atoms with Crippen LogP contribution in [0.5, 0.6) is 5.75 Å². The molecule has 0 aliphatic rings. The molecule has 134 valence electrons. The number of methoxy groups -OCH3 is 1. The molecule has 2 aromatic carbocycles. The van der Waals surface area contributed by atoms with Gasteiger partial charge in [-0.05, 0) is 55.0 Å². The van der Waals surface area contributed by atoms with E-state index in [0.717, 1.165) is 27.9 Å². The van der Waals surface area contributed by atoms with E-state index < -0.39 is 0 Å². The number of aryl methyl sites for hydroxylation is 1. The zero-order valence-electron chi connectivity index (χ0n) is 14.8. The van der Waals surface area contributed by atoms with E-state index >= 15 is 0 Å². The molecule has 26 heavy (non-hydrogen) atoms. The average molecular weight is 352 g/mol. The third-order valence-corrected chi connectivity index (χ3v) is 4.25. The summed E-state index contributed by atoms with van der Waals surface area (Å²) in [4.78, 5) is 12.0. The first-order valence-electron chi connectivity index (χ1n) is 8.42. The molecule has 5 heteroatoms. The van der Waals surface area contributed by atoms with E-state index in [4.69, 9.17) is 4.74 Å². The predicted octanol–water partition coefficient (Wildman–Crippen LogP) is 3.93. The summed E-state index contributed by atoms with van der Waals surface area (Å²) in [7, 11) is 1.62. The molecule has 0 atom stereocenters. The van der Waals surface area contributed by atoms with Gasteiger partial charge in [-0.2, -0.15) is 0 Å². The van der Waals surface area contributed by atoms with Gasteiger partial charge in [0.15, 0.2) is 0 Å². The van der Waals surface area contributed by atoms with Gasteiger partial charge < -0.3 is 14.6 Å². The minimum absolute atomic E-state index is 0.152. The van der Waals surface area contributed by atoms with Gasteiger partial charge in [0, 0.05) is 35.8 Å². The number of aromatic nitrogens is 1. The first kappa shape index (κ1) is 17.7. The maximum Gasteiger partial charge on any atom is 0.244 e. The van der Waals surface area contributed by atoms with Crippen LogP contribution >= 0.6 is 0 Å². The van der Waals surface area contributed by atoms with Crippen molar-refractivity contribution in [3.05, 3.63) is 71.7 Å². The van der Waals surface area contributed by atoms with Gasteiger partial charge in [0.1, 0.15) is 11.6 Å². The lowest BCUT2D eigenvalue weighted by molar-refractivity contribution is -0.116. The zero-order chi connectivity index (χ0) is 18.5. The van der Waals surface area contributed by atoms with Crippen LogP contribution in [-0.4, -0.2) is 24.1 Å². The second-order valence-electron chi connectivity index (χ2n) is 6.04. The van der Waals surface area contributed by atoms with Crippen LogP contribution in [0.25, 0.3) is 17.0 Å². The summed E-state index contributed by atoms with van der Waals surface area (Å²) >= 11 is 0. The van der Waals surface area contributed by atoms with Crippen molar-refractivity contribution in [2.75, 3.05) is 13.7 Å². The second kappa shape index (κ2) is 7.87. The van der Waals surface area contributed by atoms with Gasteiger partial charge in [-0.25, -0.2) is 4.39 Å². The molecular weight excluding hydrogens is 331 g/mol. The molecule has 0 aliphatic heterocycles. The third kappa shape index (κ3) is 4.11. The molecule has 1 N–H and O–H groups in total. The fraction of sp³-hybridized carbons (Fsp3) is 0.190. The second-order valence-corrected chi connectivity index (χ2v) is 6.04. The van der Waals surface area contributed by atoms with Crippen LogP contribution in [0, 0.1) is 12.7 Å². The zero-order valence-corrected chi connectivity index (χ0v) is 14.8. The van der Waals surface area contributed by atoms with E-state index in [1.807, 2.05) is 37.3 Å². The Kier molecular flexibility index (Phi) is 5.37. The SMILES string of the molecule is COc1ccc(C=CC(=O)NCCn2c(C)cc3cc(F)ccc32)cc1. The molecule has 0 saturated carbocycles. The number of nitrogens with one attached hydrogen (secondary N) is 1. The summed E-state index contributed by atoms with van der Waals surface area (Å²) in [5, 5.41) is 3.74. The van der Waals surface area contributed by atoms with Gasteiger partial charge in [-0.1, -0.05) is 12.1 Å². The van der Waals surface area contributed by atoms with Gasteiger partial charge >= 0.3 is 0 Å². The number of rotatable bonds is 6. The van der Waals surface area contributed by atoms with Crippen molar-refractivity contribution in [2.45, 2.75) is 13.5 Å². The van der Waals surface area contributed by atoms with Crippen molar-refractivity contribution in [3.63, 3.8) is 0 Å². The van der Waals surface area contributed by atoms with Crippen LogP contribution in [0.15, 0.2) is 54.6 Å². The highest BCUT2D eigenvalue weighted by Gasteiger charge is 2.06. The fourth-order valence-corrected chi connectivity index (χ4v) is 2.91. The van der Waals surface area contributed by atoms with Crippen LogP contribution in [0.4, 0.5) is 4.39 Å². The van der Waals surface area contributed by atoms with Gasteiger partial charge in [0.05, 0.1) is 7.11 Å². The van der Waals surface area contributed by atoms with Crippen molar-refractivity contribution >= 4 is 22.9 Å². The van der Waals surface area contributed by atoms with Crippen LogP contribution < -0.4 is 10.1 Å². The van der Waals surface area contributed by atoms with Crippen molar-refractivity contribution in [1.82, 2.24) is 9.88 Å². The number of benzene rings is 2. The van der Waals surface area contributed by atoms with E-state index in [-0.39, 0.29) is 11.7 Å². The quantitative estimate of drug-likeness (QED) is 0.683. The van der Waals surface area contributed by atoms with Gasteiger partial charge in [0.25, 0.3) is 0 Å². The van der Waals surface area contributed by atoms with E-state index in [1.54, 1.807) is 19.3 Å². The largest absolute Gasteiger partial charge is 0.497 e. The van der Waals surface area contributed by atoms with Crippen LogP contribution in [-0.2, 0) is 11.3 Å². The molecule has 0 radical (unpaired) electrons. The maximum absolute atomic E-state index is 13.3. The van der Waals surface area contributed by atoms with Gasteiger partial charge in [-0.3, -0.25) is 4.79 Å². The molecule has 0 unspecified atom stereocenters. The lowest BCUT2D eigenvalue weighted by Gasteiger charge is -2.08. The van der Waals surface area contributed by atoms with Crippen molar-refractivity contribution in [2.24, 2.45) is 0 Å². The number of amides is 1. The highest BCUT2D eigenvalue weighted by atomic mass is 19.1. The molecule has 0 spiro atoms. The summed E-state index contributed by atoms with van der Waals surface area (Å²) in [6.45, 7) is 3.10. The average Bonchev–Trinajstić information content (AvgIpc) is 2.95. The lowest BCUT2D eigenvalue weighted by Crippen LogP contribution is -2.25. The van der Waals surface area contributed by atoms with Crippen molar-refractivity contribution in [3.8, 4) is 5.75 Å². The smallest absolute Gasteiger partial charge is 0.244 e. The summed E-state index contributed by atoms with van der Waals surface area (Å²) in [5.41, 5.74) is 2.93. The number of ether oxygens (including phenoxy) is 1. The molecule has 0 saturated heterocycles. The van der Waals surface area contributed by atoms with Crippen molar-refractivity contribution < 1.29 is 13.9 Å². The highest BCUT2D eigenvalue weighted by molar-refractivity contribution is 5.91. The summed E-state index contributed by atoms with van der Waals surface area (Å²) < 4.78 is 20.5. The van der Waals surface area contributed by atoms with E-state index in [0.29, 0.717) is 13.1 Å². The van der Waals surface area contributed by atoms with E-state index in [1.165, 1.54) is 18.2 Å². The van der Waals surface area contributed by atoms with Crippen molar-refractivity contribution in [1.29, 1.82) is 0 Å². The molecule has 3 rings (SSSR count).